The van der Waals surface area contributed by atoms with Crippen LogP contribution in [0.3, 0.4) is 0 Å². The first-order valence-electron chi connectivity index (χ1n) is 7.93. The number of para-hydroxylation sites is 1. The van der Waals surface area contributed by atoms with Crippen molar-refractivity contribution in [3.8, 4) is 0 Å². The van der Waals surface area contributed by atoms with E-state index in [1.165, 1.54) is 0 Å². The summed E-state index contributed by atoms with van der Waals surface area (Å²) in [6.07, 6.45) is 2.79. The molecule has 4 heteroatoms. The lowest BCUT2D eigenvalue weighted by atomic mass is 10.1. The number of likely N-dealkylation sites (tertiary alicyclic amines) is 1. The number of amides is 1. The maximum Gasteiger partial charge on any atom is 0.256 e. The number of rotatable bonds is 3. The van der Waals surface area contributed by atoms with Gasteiger partial charge in [-0.25, -0.2) is 0 Å². The Labute approximate surface area is 131 Å². The Morgan fingerprint density at radius 3 is 2.82 bits per heavy atom. The van der Waals surface area contributed by atoms with E-state index in [-0.39, 0.29) is 11.9 Å². The standard InChI is InChI=1S/C18H23N3O/c1-13(2)21-11-9-15(12-21)20(3)18(22)16-8-4-6-14-7-5-10-19-17(14)16/h4-8,10,13,15H,9,11-12H2,1-3H3. The van der Waals surface area contributed by atoms with Gasteiger partial charge in [0.1, 0.15) is 0 Å². The van der Waals surface area contributed by atoms with Crippen molar-refractivity contribution in [2.24, 2.45) is 0 Å². The van der Waals surface area contributed by atoms with Gasteiger partial charge in [-0.1, -0.05) is 18.2 Å². The summed E-state index contributed by atoms with van der Waals surface area (Å²) in [5.74, 6) is 0.0694. The molecule has 0 N–H and O–H groups in total. The molecule has 116 valence electrons. The molecule has 4 nitrogen and oxygen atoms in total. The Balaban J connectivity index is 1.84. The summed E-state index contributed by atoms with van der Waals surface area (Å²) in [6, 6.07) is 10.5. The number of carbonyl (C=O) groups excluding carboxylic acids is 1. The normalized spacial score (nSPS) is 19.0. The van der Waals surface area contributed by atoms with E-state index in [0.29, 0.717) is 11.6 Å². The predicted molar refractivity (Wildman–Crippen MR) is 89.0 cm³/mol. The molecule has 1 saturated heterocycles. The van der Waals surface area contributed by atoms with Crippen molar-refractivity contribution in [2.45, 2.75) is 32.4 Å². The van der Waals surface area contributed by atoms with E-state index in [9.17, 15) is 4.79 Å². The van der Waals surface area contributed by atoms with Crippen molar-refractivity contribution in [3.63, 3.8) is 0 Å². The van der Waals surface area contributed by atoms with Crippen molar-refractivity contribution >= 4 is 16.8 Å². The fraction of sp³-hybridized carbons (Fsp3) is 0.444. The molecule has 2 aromatic rings. The van der Waals surface area contributed by atoms with Crippen molar-refractivity contribution < 1.29 is 4.79 Å². The number of aromatic nitrogens is 1. The van der Waals surface area contributed by atoms with E-state index in [2.05, 4.69) is 23.7 Å². The monoisotopic (exact) mass is 297 g/mol. The second-order valence-corrected chi connectivity index (χ2v) is 6.33. The lowest BCUT2D eigenvalue weighted by molar-refractivity contribution is 0.0734. The maximum atomic E-state index is 12.9. The Morgan fingerprint density at radius 1 is 1.32 bits per heavy atom. The van der Waals surface area contributed by atoms with Gasteiger partial charge in [0.25, 0.3) is 5.91 Å². The third-order valence-electron chi connectivity index (χ3n) is 4.66. The van der Waals surface area contributed by atoms with Crippen molar-refractivity contribution in [2.75, 3.05) is 20.1 Å². The molecule has 3 rings (SSSR count). The minimum absolute atomic E-state index is 0.0694. The van der Waals surface area contributed by atoms with E-state index in [4.69, 9.17) is 0 Å². The summed E-state index contributed by atoms with van der Waals surface area (Å²) in [7, 11) is 1.92. The third kappa shape index (κ3) is 2.71. The van der Waals surface area contributed by atoms with E-state index in [0.717, 1.165) is 30.4 Å². The molecule has 1 amide bonds. The average molecular weight is 297 g/mol. The van der Waals surface area contributed by atoms with Crippen molar-refractivity contribution in [1.82, 2.24) is 14.8 Å². The van der Waals surface area contributed by atoms with Crippen LogP contribution in [0, 0.1) is 0 Å². The van der Waals surface area contributed by atoms with E-state index in [1.54, 1.807) is 6.20 Å². The summed E-state index contributed by atoms with van der Waals surface area (Å²) in [5.41, 5.74) is 1.49. The fourth-order valence-corrected chi connectivity index (χ4v) is 3.19. The zero-order valence-electron chi connectivity index (χ0n) is 13.5. The highest BCUT2D eigenvalue weighted by atomic mass is 16.2. The molecule has 0 saturated carbocycles. The first kappa shape index (κ1) is 15.0. The van der Waals surface area contributed by atoms with Crippen molar-refractivity contribution in [1.29, 1.82) is 0 Å². The molecule has 2 heterocycles. The molecule has 1 unspecified atom stereocenters. The van der Waals surface area contributed by atoms with E-state index >= 15 is 0 Å². The molecular formula is C18H23N3O. The maximum absolute atomic E-state index is 12.9. The highest BCUT2D eigenvalue weighted by molar-refractivity contribution is 6.05. The van der Waals surface area contributed by atoms with Crippen LogP contribution in [0.15, 0.2) is 36.5 Å². The van der Waals surface area contributed by atoms with Crippen LogP contribution < -0.4 is 0 Å². The van der Waals surface area contributed by atoms with Gasteiger partial charge in [0, 0.05) is 43.8 Å². The van der Waals surface area contributed by atoms with Gasteiger partial charge in [-0.05, 0) is 32.4 Å². The van der Waals surface area contributed by atoms with Crippen LogP contribution in [0.2, 0.25) is 0 Å². The van der Waals surface area contributed by atoms with Crippen LogP contribution in [-0.2, 0) is 0 Å². The van der Waals surface area contributed by atoms with Gasteiger partial charge >= 0.3 is 0 Å². The number of nitrogens with zero attached hydrogens (tertiary/aromatic N) is 3. The van der Waals surface area contributed by atoms with Crippen LogP contribution in [0.1, 0.15) is 30.6 Å². The molecule has 1 aromatic heterocycles. The van der Waals surface area contributed by atoms with Gasteiger partial charge in [-0.2, -0.15) is 0 Å². The first-order valence-corrected chi connectivity index (χ1v) is 7.93. The minimum atomic E-state index is 0.0694. The van der Waals surface area contributed by atoms with Crippen LogP contribution >= 0.6 is 0 Å². The molecule has 0 spiro atoms. The highest BCUT2D eigenvalue weighted by Crippen LogP contribution is 2.22. The topological polar surface area (TPSA) is 36.4 Å². The van der Waals surface area contributed by atoms with Crippen LogP contribution in [0.25, 0.3) is 10.9 Å². The smallest absolute Gasteiger partial charge is 0.256 e. The van der Waals surface area contributed by atoms with Crippen molar-refractivity contribution in [3.05, 3.63) is 42.1 Å². The lowest BCUT2D eigenvalue weighted by Crippen LogP contribution is -2.40. The molecule has 1 fully saturated rings. The van der Waals surface area contributed by atoms with Gasteiger partial charge in [-0.15, -0.1) is 0 Å². The second kappa shape index (κ2) is 6.05. The minimum Gasteiger partial charge on any atom is -0.337 e. The quantitative estimate of drug-likeness (QED) is 0.874. The molecule has 1 aromatic carbocycles. The summed E-state index contributed by atoms with van der Waals surface area (Å²) in [4.78, 5) is 21.6. The van der Waals surface area contributed by atoms with E-state index < -0.39 is 0 Å². The largest absolute Gasteiger partial charge is 0.337 e. The van der Waals surface area contributed by atoms with Crippen LogP contribution in [-0.4, -0.2) is 52.9 Å². The predicted octanol–water partition coefficient (Wildman–Crippen LogP) is 2.79. The fourth-order valence-electron chi connectivity index (χ4n) is 3.19. The van der Waals surface area contributed by atoms with Crippen LogP contribution in [0.4, 0.5) is 0 Å². The number of hydrogen-bond acceptors (Lipinski definition) is 3. The number of likely N-dealkylation sites (N-methyl/N-ethyl adjacent to an activating group) is 1. The molecular weight excluding hydrogens is 274 g/mol. The SMILES string of the molecule is CC(C)N1CCC(N(C)C(=O)c2cccc3cccnc23)C1. The van der Waals surface area contributed by atoms with Gasteiger partial charge < -0.3 is 4.90 Å². The summed E-state index contributed by atoms with van der Waals surface area (Å²) in [6.45, 7) is 6.43. The van der Waals surface area contributed by atoms with Gasteiger partial charge in [0.15, 0.2) is 0 Å². The molecule has 1 aliphatic heterocycles. The first-order chi connectivity index (χ1) is 10.6. The molecule has 1 atom stereocenters. The number of hydrogen-bond donors (Lipinski definition) is 0. The second-order valence-electron chi connectivity index (χ2n) is 6.33. The Morgan fingerprint density at radius 2 is 2.09 bits per heavy atom. The number of carbonyl (C=O) groups is 1. The third-order valence-corrected chi connectivity index (χ3v) is 4.66. The van der Waals surface area contributed by atoms with Gasteiger partial charge in [0.05, 0.1) is 11.1 Å². The number of fused-ring (bicyclic) bond motifs is 1. The zero-order chi connectivity index (χ0) is 15.7. The molecule has 22 heavy (non-hydrogen) atoms. The van der Waals surface area contributed by atoms with E-state index in [1.807, 2.05) is 42.3 Å². The summed E-state index contributed by atoms with van der Waals surface area (Å²) >= 11 is 0. The average Bonchev–Trinajstić information content (AvgIpc) is 3.03. The van der Waals surface area contributed by atoms with Crippen LogP contribution in [0.5, 0.6) is 0 Å². The Hall–Kier alpha value is -1.94. The number of pyridine rings is 1. The highest BCUT2D eigenvalue weighted by Gasteiger charge is 2.30. The summed E-state index contributed by atoms with van der Waals surface area (Å²) in [5, 5.41) is 1.01. The van der Waals surface area contributed by atoms with Gasteiger partial charge in [0.2, 0.25) is 0 Å². The zero-order valence-corrected chi connectivity index (χ0v) is 13.5. The summed E-state index contributed by atoms with van der Waals surface area (Å²) < 4.78 is 0. The molecule has 0 bridgehead atoms. The Kier molecular flexibility index (Phi) is 4.12. The molecule has 0 radical (unpaired) electrons. The lowest BCUT2D eigenvalue weighted by Gasteiger charge is -2.26. The molecule has 0 aliphatic carbocycles. The Bertz CT molecular complexity index is 678. The number of benzene rings is 1. The molecule has 1 aliphatic rings. The van der Waals surface area contributed by atoms with Gasteiger partial charge in [-0.3, -0.25) is 14.7 Å².